The van der Waals surface area contributed by atoms with Crippen LogP contribution in [0, 0.1) is 0 Å². The molecule has 0 fully saturated rings. The fraction of sp³-hybridized carbons (Fsp3) is 0.222. The second-order valence-electron chi connectivity index (χ2n) is 5.09. The maximum absolute atomic E-state index is 12.1. The molecule has 1 N–H and O–H groups in total. The molecule has 0 unspecified atom stereocenters. The largest absolute Gasteiger partial charge is 0.497 e. The number of amides is 1. The highest BCUT2D eigenvalue weighted by Crippen LogP contribution is 2.33. The molecule has 1 amide bonds. The van der Waals surface area contributed by atoms with Crippen molar-refractivity contribution >= 4 is 35.3 Å². The first-order valence-corrected chi connectivity index (χ1v) is 8.40. The van der Waals surface area contributed by atoms with E-state index in [9.17, 15) is 4.79 Å². The van der Waals surface area contributed by atoms with E-state index in [-0.39, 0.29) is 5.91 Å². The molecule has 132 valence electrons. The molecule has 2 rings (SSSR count). The second kappa shape index (κ2) is 9.30. The summed E-state index contributed by atoms with van der Waals surface area (Å²) in [5, 5.41) is 4.70. The van der Waals surface area contributed by atoms with Gasteiger partial charge in [-0.05, 0) is 42.3 Å². The Hall–Kier alpha value is -2.24. The van der Waals surface area contributed by atoms with Gasteiger partial charge in [0.25, 0.3) is 5.91 Å². The summed E-state index contributed by atoms with van der Waals surface area (Å²) in [6, 6.07) is 10.1. The van der Waals surface area contributed by atoms with Crippen molar-refractivity contribution in [3.63, 3.8) is 0 Å². The molecule has 7 heteroatoms. The number of ether oxygens (including phenoxy) is 2. The summed E-state index contributed by atoms with van der Waals surface area (Å²) in [5.41, 5.74) is 3.53. The quantitative estimate of drug-likeness (QED) is 0.565. The van der Waals surface area contributed by atoms with Crippen LogP contribution in [0.5, 0.6) is 11.5 Å². The predicted octanol–water partition coefficient (Wildman–Crippen LogP) is 4.55. The minimum atomic E-state index is -0.352. The van der Waals surface area contributed by atoms with Crippen LogP contribution < -0.4 is 14.9 Å². The van der Waals surface area contributed by atoms with Crippen LogP contribution in [0.15, 0.2) is 41.5 Å². The van der Waals surface area contributed by atoms with E-state index in [1.54, 1.807) is 36.4 Å². The van der Waals surface area contributed by atoms with E-state index in [1.807, 2.05) is 6.92 Å². The van der Waals surface area contributed by atoms with Gasteiger partial charge in [-0.25, -0.2) is 5.43 Å². The average molecular weight is 381 g/mol. The Morgan fingerprint density at radius 1 is 1.24 bits per heavy atom. The highest BCUT2D eigenvalue weighted by molar-refractivity contribution is 6.37. The van der Waals surface area contributed by atoms with Gasteiger partial charge in [-0.3, -0.25) is 4.79 Å². The number of methoxy groups -OCH3 is 1. The first kappa shape index (κ1) is 19.1. The number of hydrogen-bond acceptors (Lipinski definition) is 4. The Morgan fingerprint density at radius 3 is 2.60 bits per heavy atom. The highest BCUT2D eigenvalue weighted by Gasteiger charge is 2.09. The maximum Gasteiger partial charge on any atom is 0.271 e. The number of nitrogens with one attached hydrogen (secondary N) is 1. The number of carbonyl (C=O) groups excluding carboxylic acids is 1. The van der Waals surface area contributed by atoms with Crippen molar-refractivity contribution in [3.8, 4) is 11.5 Å². The third-order valence-corrected chi connectivity index (χ3v) is 3.74. The van der Waals surface area contributed by atoms with Crippen molar-refractivity contribution in [3.05, 3.63) is 57.6 Å². The van der Waals surface area contributed by atoms with E-state index in [0.29, 0.717) is 39.3 Å². The summed E-state index contributed by atoms with van der Waals surface area (Å²) in [6.45, 7) is 2.53. The van der Waals surface area contributed by atoms with Crippen LogP contribution in [0.25, 0.3) is 0 Å². The van der Waals surface area contributed by atoms with Gasteiger partial charge in [0.15, 0.2) is 5.75 Å². The standard InChI is InChI=1S/C18H18Cl2N2O3/c1-3-7-25-17-15(19)8-12(9-16(17)20)11-21-22-18(23)13-5-4-6-14(10-13)24-2/h4-6,8-11H,3,7H2,1-2H3,(H,22,23)/b21-11+. The van der Waals surface area contributed by atoms with Crippen LogP contribution >= 0.6 is 23.2 Å². The van der Waals surface area contributed by atoms with Crippen molar-refractivity contribution in [2.24, 2.45) is 5.10 Å². The fourth-order valence-corrected chi connectivity index (χ4v) is 2.60. The summed E-state index contributed by atoms with van der Waals surface area (Å²) >= 11 is 12.3. The fourth-order valence-electron chi connectivity index (χ4n) is 1.99. The Labute approximate surface area is 156 Å². The van der Waals surface area contributed by atoms with Crippen LogP contribution in [-0.4, -0.2) is 25.8 Å². The molecule has 0 aliphatic carbocycles. The molecule has 5 nitrogen and oxygen atoms in total. The Kier molecular flexibility index (Phi) is 7.10. The third-order valence-electron chi connectivity index (χ3n) is 3.18. The van der Waals surface area contributed by atoms with Crippen LogP contribution in [0.1, 0.15) is 29.3 Å². The molecule has 2 aromatic carbocycles. The SMILES string of the molecule is CCCOc1c(Cl)cc(/C=N/NC(=O)c2cccc(OC)c2)cc1Cl. The van der Waals surface area contributed by atoms with Gasteiger partial charge in [0.2, 0.25) is 0 Å². The van der Waals surface area contributed by atoms with Crippen molar-refractivity contribution in [2.75, 3.05) is 13.7 Å². The minimum absolute atomic E-state index is 0.352. The lowest BCUT2D eigenvalue weighted by atomic mass is 10.2. The van der Waals surface area contributed by atoms with Crippen LogP contribution in [0.3, 0.4) is 0 Å². The molecule has 0 aromatic heterocycles. The number of nitrogens with zero attached hydrogens (tertiary/aromatic N) is 1. The number of hydrogen-bond donors (Lipinski definition) is 1. The molecule has 0 aliphatic rings. The molecule has 2 aromatic rings. The van der Waals surface area contributed by atoms with E-state index in [4.69, 9.17) is 32.7 Å². The number of benzene rings is 2. The first-order valence-electron chi connectivity index (χ1n) is 7.64. The Morgan fingerprint density at radius 2 is 1.96 bits per heavy atom. The smallest absolute Gasteiger partial charge is 0.271 e. The molecule has 0 saturated heterocycles. The number of carbonyl (C=O) groups is 1. The van der Waals surface area contributed by atoms with E-state index in [2.05, 4.69) is 10.5 Å². The molecule has 0 spiro atoms. The van der Waals surface area contributed by atoms with Gasteiger partial charge in [0, 0.05) is 5.56 Å². The molecular formula is C18H18Cl2N2O3. The molecule has 0 radical (unpaired) electrons. The Balaban J connectivity index is 2.05. The lowest BCUT2D eigenvalue weighted by Crippen LogP contribution is -2.17. The summed E-state index contributed by atoms with van der Waals surface area (Å²) in [6.07, 6.45) is 2.31. The van der Waals surface area contributed by atoms with Crippen molar-refractivity contribution in [1.29, 1.82) is 0 Å². The molecule has 0 heterocycles. The zero-order chi connectivity index (χ0) is 18.2. The van der Waals surface area contributed by atoms with Crippen LogP contribution in [-0.2, 0) is 0 Å². The molecule has 0 aliphatic heterocycles. The van der Waals surface area contributed by atoms with Gasteiger partial charge in [-0.2, -0.15) is 5.10 Å². The molecule has 0 bridgehead atoms. The topological polar surface area (TPSA) is 59.9 Å². The molecule has 25 heavy (non-hydrogen) atoms. The van der Waals surface area contributed by atoms with Gasteiger partial charge in [0.05, 0.1) is 30.0 Å². The van der Waals surface area contributed by atoms with Gasteiger partial charge >= 0.3 is 0 Å². The summed E-state index contributed by atoms with van der Waals surface area (Å²) in [7, 11) is 1.54. The van der Waals surface area contributed by atoms with Gasteiger partial charge in [-0.15, -0.1) is 0 Å². The normalized spacial score (nSPS) is 10.7. The van der Waals surface area contributed by atoms with Crippen molar-refractivity contribution < 1.29 is 14.3 Å². The maximum atomic E-state index is 12.1. The zero-order valence-electron chi connectivity index (χ0n) is 13.9. The van der Waals surface area contributed by atoms with Gasteiger partial charge < -0.3 is 9.47 Å². The van der Waals surface area contributed by atoms with E-state index >= 15 is 0 Å². The molecular weight excluding hydrogens is 363 g/mol. The molecule has 0 saturated carbocycles. The van der Waals surface area contributed by atoms with E-state index in [1.165, 1.54) is 13.3 Å². The highest BCUT2D eigenvalue weighted by atomic mass is 35.5. The third kappa shape index (κ3) is 5.37. The van der Waals surface area contributed by atoms with Gasteiger partial charge in [0.1, 0.15) is 5.75 Å². The van der Waals surface area contributed by atoms with Crippen LogP contribution in [0.4, 0.5) is 0 Å². The zero-order valence-corrected chi connectivity index (χ0v) is 15.4. The average Bonchev–Trinajstić information content (AvgIpc) is 2.61. The predicted molar refractivity (Wildman–Crippen MR) is 100 cm³/mol. The summed E-state index contributed by atoms with van der Waals surface area (Å²) in [5.74, 6) is 0.691. The number of halogens is 2. The lowest BCUT2D eigenvalue weighted by molar-refractivity contribution is 0.0955. The molecule has 0 atom stereocenters. The second-order valence-corrected chi connectivity index (χ2v) is 5.91. The summed E-state index contributed by atoms with van der Waals surface area (Å²) < 4.78 is 10.6. The summed E-state index contributed by atoms with van der Waals surface area (Å²) in [4.78, 5) is 12.1. The lowest BCUT2D eigenvalue weighted by Gasteiger charge is -2.09. The van der Waals surface area contributed by atoms with Crippen molar-refractivity contribution in [2.45, 2.75) is 13.3 Å². The van der Waals surface area contributed by atoms with E-state index in [0.717, 1.165) is 6.42 Å². The van der Waals surface area contributed by atoms with Crippen LogP contribution in [0.2, 0.25) is 10.0 Å². The van der Waals surface area contributed by atoms with Gasteiger partial charge in [-0.1, -0.05) is 36.2 Å². The van der Waals surface area contributed by atoms with E-state index < -0.39 is 0 Å². The van der Waals surface area contributed by atoms with Crippen molar-refractivity contribution in [1.82, 2.24) is 5.43 Å². The Bertz CT molecular complexity index is 756. The number of hydrazone groups is 1. The minimum Gasteiger partial charge on any atom is -0.497 e. The first-order chi connectivity index (χ1) is 12.0. The monoisotopic (exact) mass is 380 g/mol. The number of rotatable bonds is 7.